The second-order valence-electron chi connectivity index (χ2n) is 5.02. The molecule has 1 N–H and O–H groups in total. The first-order chi connectivity index (χ1) is 8.44. The van der Waals surface area contributed by atoms with Crippen LogP contribution in [-0.4, -0.2) is 24.6 Å². The Hall–Kier alpha value is -1.42. The van der Waals surface area contributed by atoms with E-state index in [4.69, 9.17) is 5.11 Å². The van der Waals surface area contributed by atoms with Crippen molar-refractivity contribution in [3.05, 3.63) is 30.3 Å². The lowest BCUT2D eigenvalue weighted by Gasteiger charge is -2.21. The fourth-order valence-electron chi connectivity index (χ4n) is 1.89. The number of aliphatic carboxylic acids is 1. The molecule has 0 aliphatic carbocycles. The van der Waals surface area contributed by atoms with Gasteiger partial charge in [-0.25, -0.2) is 0 Å². The maximum atomic E-state index is 12.2. The minimum atomic E-state index is -2.05. The zero-order chi connectivity index (χ0) is 13.6. The Bertz CT molecular complexity index is 412. The summed E-state index contributed by atoms with van der Waals surface area (Å²) in [4.78, 5) is 22.6. The highest BCUT2D eigenvalue weighted by atomic mass is 28.3. The SMILES string of the molecule is C[Si](C)(C(=O)CCCCC(=O)O)c1ccccc1. The van der Waals surface area contributed by atoms with E-state index in [-0.39, 0.29) is 6.42 Å². The topological polar surface area (TPSA) is 54.4 Å². The van der Waals surface area contributed by atoms with Crippen LogP contribution >= 0.6 is 0 Å². The standard InChI is InChI=1S/C14H20O3Si/c1-18(2,12-8-4-3-5-9-12)14(17)11-7-6-10-13(15)16/h3-5,8-9H,6-7,10-11H2,1-2H3,(H,15,16). The van der Waals surface area contributed by atoms with Gasteiger partial charge in [0.05, 0.1) is 0 Å². The van der Waals surface area contributed by atoms with Crippen LogP contribution in [0.25, 0.3) is 0 Å². The number of carboxylic acids is 1. The van der Waals surface area contributed by atoms with Crippen molar-refractivity contribution in [2.45, 2.75) is 38.8 Å². The van der Waals surface area contributed by atoms with Gasteiger partial charge in [-0.2, -0.15) is 0 Å². The molecule has 1 aromatic carbocycles. The van der Waals surface area contributed by atoms with Crippen LogP contribution in [0.3, 0.4) is 0 Å². The molecule has 0 saturated heterocycles. The first kappa shape index (κ1) is 14.6. The van der Waals surface area contributed by atoms with Gasteiger partial charge in [-0.05, 0) is 12.8 Å². The third-order valence-corrected chi connectivity index (χ3v) is 6.66. The molecule has 98 valence electrons. The first-order valence-corrected chi connectivity index (χ1v) is 9.25. The van der Waals surface area contributed by atoms with Gasteiger partial charge in [-0.1, -0.05) is 48.6 Å². The second kappa shape index (κ2) is 6.49. The van der Waals surface area contributed by atoms with Gasteiger partial charge in [0.1, 0.15) is 5.41 Å². The van der Waals surface area contributed by atoms with Crippen LogP contribution in [0.4, 0.5) is 0 Å². The highest BCUT2D eigenvalue weighted by molar-refractivity contribution is 7.13. The van der Waals surface area contributed by atoms with Crippen LogP contribution in [-0.2, 0) is 9.59 Å². The van der Waals surface area contributed by atoms with Gasteiger partial charge < -0.3 is 9.90 Å². The van der Waals surface area contributed by atoms with Gasteiger partial charge in [-0.15, -0.1) is 0 Å². The van der Waals surface area contributed by atoms with E-state index in [2.05, 4.69) is 13.1 Å². The molecule has 0 aliphatic heterocycles. The summed E-state index contributed by atoms with van der Waals surface area (Å²) in [5, 5.41) is 9.99. The normalized spacial score (nSPS) is 11.2. The van der Waals surface area contributed by atoms with E-state index < -0.39 is 14.0 Å². The predicted octanol–water partition coefficient (Wildman–Crippen LogP) is 2.36. The van der Waals surface area contributed by atoms with Crippen molar-refractivity contribution in [2.24, 2.45) is 0 Å². The minimum absolute atomic E-state index is 0.153. The Morgan fingerprint density at radius 3 is 2.17 bits per heavy atom. The molecule has 0 aliphatic rings. The molecule has 0 heterocycles. The van der Waals surface area contributed by atoms with Gasteiger partial charge in [0.25, 0.3) is 0 Å². The Balaban J connectivity index is 2.52. The molecule has 0 atom stereocenters. The first-order valence-electron chi connectivity index (χ1n) is 6.25. The molecular weight excluding hydrogens is 244 g/mol. The van der Waals surface area contributed by atoms with E-state index in [0.717, 1.165) is 5.19 Å². The lowest BCUT2D eigenvalue weighted by molar-refractivity contribution is -0.137. The van der Waals surface area contributed by atoms with Crippen LogP contribution in [0, 0.1) is 0 Å². The maximum Gasteiger partial charge on any atom is 0.303 e. The third kappa shape index (κ3) is 4.11. The van der Waals surface area contributed by atoms with Gasteiger partial charge >= 0.3 is 5.97 Å². The quantitative estimate of drug-likeness (QED) is 0.607. The molecule has 0 radical (unpaired) electrons. The van der Waals surface area contributed by atoms with Crippen molar-refractivity contribution in [1.29, 1.82) is 0 Å². The third-order valence-electron chi connectivity index (χ3n) is 3.24. The van der Waals surface area contributed by atoms with E-state index in [9.17, 15) is 9.59 Å². The minimum Gasteiger partial charge on any atom is -0.481 e. The van der Waals surface area contributed by atoms with E-state index >= 15 is 0 Å². The van der Waals surface area contributed by atoms with Crippen molar-refractivity contribution in [2.75, 3.05) is 0 Å². The number of rotatable bonds is 7. The number of carbonyl (C=O) groups excluding carboxylic acids is 1. The highest BCUT2D eigenvalue weighted by Crippen LogP contribution is 2.11. The van der Waals surface area contributed by atoms with Crippen molar-refractivity contribution in [3.63, 3.8) is 0 Å². The van der Waals surface area contributed by atoms with Gasteiger partial charge in [0.2, 0.25) is 0 Å². The van der Waals surface area contributed by atoms with Crippen molar-refractivity contribution in [1.82, 2.24) is 0 Å². The van der Waals surface area contributed by atoms with Crippen LogP contribution in [0.1, 0.15) is 25.7 Å². The van der Waals surface area contributed by atoms with E-state index in [0.29, 0.717) is 24.7 Å². The Morgan fingerprint density at radius 2 is 1.61 bits per heavy atom. The molecule has 0 spiro atoms. The summed E-state index contributed by atoms with van der Waals surface area (Å²) < 4.78 is 0. The summed E-state index contributed by atoms with van der Waals surface area (Å²) >= 11 is 0. The van der Waals surface area contributed by atoms with Crippen LogP contribution < -0.4 is 5.19 Å². The number of carboxylic acid groups (broad SMARTS) is 1. The summed E-state index contributed by atoms with van der Waals surface area (Å²) in [5.74, 6) is -0.790. The molecule has 0 unspecified atom stereocenters. The van der Waals surface area contributed by atoms with Crippen molar-refractivity contribution < 1.29 is 14.7 Å². The summed E-state index contributed by atoms with van der Waals surface area (Å²) in [7, 11) is -2.05. The fourth-order valence-corrected chi connectivity index (χ4v) is 4.04. The average Bonchev–Trinajstić information content (AvgIpc) is 2.35. The van der Waals surface area contributed by atoms with Crippen molar-refractivity contribution in [3.8, 4) is 0 Å². The monoisotopic (exact) mass is 264 g/mol. The number of unbranched alkanes of at least 4 members (excludes halogenated alkanes) is 1. The molecule has 0 saturated carbocycles. The molecule has 0 aromatic heterocycles. The smallest absolute Gasteiger partial charge is 0.303 e. The lowest BCUT2D eigenvalue weighted by Crippen LogP contribution is -2.49. The Kier molecular flexibility index (Phi) is 5.28. The number of carbonyl (C=O) groups is 2. The molecule has 0 bridgehead atoms. The molecule has 1 rings (SSSR count). The maximum absolute atomic E-state index is 12.2. The van der Waals surface area contributed by atoms with Gasteiger partial charge in [0.15, 0.2) is 8.07 Å². The zero-order valence-electron chi connectivity index (χ0n) is 11.0. The van der Waals surface area contributed by atoms with Crippen LogP contribution in [0.15, 0.2) is 30.3 Å². The Labute approximate surface area is 109 Å². The molecule has 18 heavy (non-hydrogen) atoms. The van der Waals surface area contributed by atoms with Gasteiger partial charge in [-0.3, -0.25) is 4.79 Å². The Morgan fingerprint density at radius 1 is 1.06 bits per heavy atom. The van der Waals surface area contributed by atoms with Crippen LogP contribution in [0.5, 0.6) is 0 Å². The lowest BCUT2D eigenvalue weighted by atomic mass is 10.2. The summed E-state index contributed by atoms with van der Waals surface area (Å²) in [5.41, 5.74) is 0. The number of benzene rings is 1. The molecule has 0 amide bonds. The summed E-state index contributed by atoms with van der Waals surface area (Å²) in [6.07, 6.45) is 1.91. The largest absolute Gasteiger partial charge is 0.481 e. The van der Waals surface area contributed by atoms with Crippen LogP contribution in [0.2, 0.25) is 13.1 Å². The molecular formula is C14H20O3Si. The number of hydrogen-bond donors (Lipinski definition) is 1. The average molecular weight is 264 g/mol. The highest BCUT2D eigenvalue weighted by Gasteiger charge is 2.31. The number of hydrogen-bond acceptors (Lipinski definition) is 2. The van der Waals surface area contributed by atoms with Gasteiger partial charge in [0, 0.05) is 12.8 Å². The molecule has 3 nitrogen and oxygen atoms in total. The predicted molar refractivity (Wildman–Crippen MR) is 74.7 cm³/mol. The molecule has 4 heteroatoms. The van der Waals surface area contributed by atoms with E-state index in [1.807, 2.05) is 30.3 Å². The zero-order valence-corrected chi connectivity index (χ0v) is 12.0. The van der Waals surface area contributed by atoms with Crippen molar-refractivity contribution >= 4 is 24.6 Å². The summed E-state index contributed by atoms with van der Waals surface area (Å²) in [6, 6.07) is 9.90. The van der Waals surface area contributed by atoms with E-state index in [1.54, 1.807) is 0 Å². The van der Waals surface area contributed by atoms with E-state index in [1.165, 1.54) is 0 Å². The molecule has 0 fully saturated rings. The second-order valence-corrected chi connectivity index (χ2v) is 9.40. The fraction of sp³-hybridized carbons (Fsp3) is 0.429. The summed E-state index contributed by atoms with van der Waals surface area (Å²) in [6.45, 7) is 4.11. The molecule has 1 aromatic rings.